The molecule has 1 amide bonds. The van der Waals surface area contributed by atoms with Crippen LogP contribution in [-0.4, -0.2) is 33.9 Å². The van der Waals surface area contributed by atoms with Crippen molar-refractivity contribution in [3.05, 3.63) is 86.9 Å². The highest BCUT2D eigenvalue weighted by atomic mass is 35.5. The van der Waals surface area contributed by atoms with Gasteiger partial charge in [-0.05, 0) is 36.6 Å². The van der Waals surface area contributed by atoms with Gasteiger partial charge in [-0.2, -0.15) is 0 Å². The summed E-state index contributed by atoms with van der Waals surface area (Å²) in [7, 11) is 0. The van der Waals surface area contributed by atoms with Gasteiger partial charge in [-0.25, -0.2) is 4.98 Å². The van der Waals surface area contributed by atoms with Crippen LogP contribution < -0.4 is 5.56 Å². The maximum absolute atomic E-state index is 12.7. The Morgan fingerprint density at radius 3 is 2.96 bits per heavy atom. The van der Waals surface area contributed by atoms with Crippen LogP contribution in [0.2, 0.25) is 5.02 Å². The van der Waals surface area contributed by atoms with Gasteiger partial charge >= 0.3 is 0 Å². The highest BCUT2D eigenvalue weighted by Crippen LogP contribution is 2.28. The molecule has 0 radical (unpaired) electrons. The summed E-state index contributed by atoms with van der Waals surface area (Å²) in [5.74, 6) is 1.29. The van der Waals surface area contributed by atoms with Crippen LogP contribution in [0.15, 0.2) is 57.9 Å². The Morgan fingerprint density at radius 2 is 2.14 bits per heavy atom. The Balaban J connectivity index is 1.45. The molecular formula is C21H20ClN3O3. The molecule has 0 bridgehead atoms. The van der Waals surface area contributed by atoms with Gasteiger partial charge in [0.2, 0.25) is 5.56 Å². The number of rotatable bonds is 4. The zero-order valence-electron chi connectivity index (χ0n) is 15.2. The van der Waals surface area contributed by atoms with Crippen molar-refractivity contribution in [2.75, 3.05) is 13.1 Å². The van der Waals surface area contributed by atoms with Gasteiger partial charge in [0.15, 0.2) is 5.89 Å². The molecule has 0 spiro atoms. The summed E-state index contributed by atoms with van der Waals surface area (Å²) in [6, 6.07) is 12.3. The first kappa shape index (κ1) is 18.5. The van der Waals surface area contributed by atoms with Gasteiger partial charge in [-0.15, -0.1) is 0 Å². The number of hydrogen-bond acceptors (Lipinski definition) is 4. The number of carbonyl (C=O) groups is 1. The maximum Gasteiger partial charge on any atom is 0.270 e. The molecule has 1 N–H and O–H groups in total. The zero-order valence-corrected chi connectivity index (χ0v) is 16.0. The first-order chi connectivity index (χ1) is 13.6. The van der Waals surface area contributed by atoms with Crippen LogP contribution in [0.3, 0.4) is 0 Å². The number of aromatic amines is 1. The van der Waals surface area contributed by atoms with E-state index in [1.807, 2.05) is 24.3 Å². The Bertz CT molecular complexity index is 1040. The van der Waals surface area contributed by atoms with Crippen molar-refractivity contribution in [1.29, 1.82) is 0 Å². The van der Waals surface area contributed by atoms with Crippen molar-refractivity contribution >= 4 is 17.5 Å². The smallest absolute Gasteiger partial charge is 0.270 e. The van der Waals surface area contributed by atoms with Crippen molar-refractivity contribution in [1.82, 2.24) is 14.9 Å². The predicted octanol–water partition coefficient (Wildman–Crippen LogP) is 3.63. The summed E-state index contributed by atoms with van der Waals surface area (Å²) in [4.78, 5) is 33.0. The van der Waals surface area contributed by atoms with Crippen LogP contribution in [0, 0.1) is 0 Å². The van der Waals surface area contributed by atoms with Gasteiger partial charge in [-0.1, -0.05) is 29.8 Å². The molecular weight excluding hydrogens is 378 g/mol. The second kappa shape index (κ2) is 8.02. The molecule has 6 nitrogen and oxygen atoms in total. The van der Waals surface area contributed by atoms with Gasteiger partial charge in [0.25, 0.3) is 5.91 Å². The molecule has 1 aromatic carbocycles. The number of benzene rings is 1. The van der Waals surface area contributed by atoms with Crippen molar-refractivity contribution in [2.45, 2.75) is 25.2 Å². The molecule has 3 aromatic rings. The van der Waals surface area contributed by atoms with Crippen molar-refractivity contribution in [3.63, 3.8) is 0 Å². The lowest BCUT2D eigenvalue weighted by molar-refractivity contribution is 0.0691. The van der Waals surface area contributed by atoms with E-state index in [0.29, 0.717) is 36.1 Å². The second-order valence-electron chi connectivity index (χ2n) is 6.99. The third kappa shape index (κ3) is 4.17. The average molecular weight is 398 g/mol. The van der Waals surface area contributed by atoms with Crippen LogP contribution in [0.5, 0.6) is 0 Å². The third-order valence-corrected chi connectivity index (χ3v) is 5.13. The van der Waals surface area contributed by atoms with Crippen LogP contribution >= 0.6 is 11.6 Å². The van der Waals surface area contributed by atoms with Gasteiger partial charge in [0, 0.05) is 30.6 Å². The number of H-pyrrole nitrogens is 1. The maximum atomic E-state index is 12.7. The number of nitrogens with zero attached hydrogens (tertiary/aromatic N) is 2. The Kier molecular flexibility index (Phi) is 5.30. The standard InChI is InChI=1S/C21H20ClN3O3/c22-16-6-1-4-14(10-16)11-17-12-23-20(28-17)15-5-3-9-25(13-15)21(27)18-7-2-8-19(26)24-18/h1-2,4,6-8,10,12,15H,3,5,9,11,13H2,(H,24,26). The number of nitrogens with one attached hydrogen (secondary N) is 1. The quantitative estimate of drug-likeness (QED) is 0.729. The van der Waals surface area contributed by atoms with Gasteiger partial charge < -0.3 is 14.3 Å². The van der Waals surface area contributed by atoms with E-state index >= 15 is 0 Å². The van der Waals surface area contributed by atoms with E-state index in [0.717, 1.165) is 24.2 Å². The summed E-state index contributed by atoms with van der Waals surface area (Å²) in [6.45, 7) is 1.18. The topological polar surface area (TPSA) is 79.2 Å². The molecule has 28 heavy (non-hydrogen) atoms. The molecule has 1 saturated heterocycles. The minimum atomic E-state index is -0.280. The Labute approximate surface area is 167 Å². The lowest BCUT2D eigenvalue weighted by Gasteiger charge is -2.31. The molecule has 0 aliphatic carbocycles. The average Bonchev–Trinajstić information content (AvgIpc) is 3.16. The third-order valence-electron chi connectivity index (χ3n) is 4.90. The number of oxazole rings is 1. The summed E-state index contributed by atoms with van der Waals surface area (Å²) in [5, 5.41) is 0.692. The fourth-order valence-electron chi connectivity index (χ4n) is 3.55. The van der Waals surface area contributed by atoms with Crippen molar-refractivity contribution in [3.8, 4) is 0 Å². The van der Waals surface area contributed by atoms with Gasteiger partial charge in [0.1, 0.15) is 11.5 Å². The monoisotopic (exact) mass is 397 g/mol. The molecule has 2 aromatic heterocycles. The lowest BCUT2D eigenvalue weighted by atomic mass is 9.97. The molecule has 0 saturated carbocycles. The van der Waals surface area contributed by atoms with E-state index in [9.17, 15) is 9.59 Å². The zero-order chi connectivity index (χ0) is 19.5. The molecule has 1 aliphatic rings. The van der Waals surface area contributed by atoms with Crippen molar-refractivity contribution in [2.24, 2.45) is 0 Å². The number of aromatic nitrogens is 2. The number of halogens is 1. The Hall–Kier alpha value is -2.86. The van der Waals surface area contributed by atoms with Crippen LogP contribution in [0.4, 0.5) is 0 Å². The lowest BCUT2D eigenvalue weighted by Crippen LogP contribution is -2.40. The molecule has 3 heterocycles. The van der Waals surface area contributed by atoms with E-state index in [4.69, 9.17) is 16.0 Å². The van der Waals surface area contributed by atoms with Crippen LogP contribution in [0.1, 0.15) is 46.5 Å². The SMILES string of the molecule is O=C(c1cccc(=O)[nH]1)N1CCCC(c2ncc(Cc3cccc(Cl)c3)o2)C1. The largest absolute Gasteiger partial charge is 0.445 e. The first-order valence-electron chi connectivity index (χ1n) is 9.26. The molecule has 144 valence electrons. The number of hydrogen-bond donors (Lipinski definition) is 1. The summed E-state index contributed by atoms with van der Waals surface area (Å²) in [6.07, 6.45) is 4.13. The van der Waals surface area contributed by atoms with E-state index in [2.05, 4.69) is 9.97 Å². The molecule has 7 heteroatoms. The number of pyridine rings is 1. The minimum absolute atomic E-state index is 0.0428. The van der Waals surface area contributed by atoms with Crippen LogP contribution in [-0.2, 0) is 6.42 Å². The highest BCUT2D eigenvalue weighted by molar-refractivity contribution is 6.30. The number of likely N-dealkylation sites (tertiary alicyclic amines) is 1. The molecule has 1 unspecified atom stereocenters. The fourth-order valence-corrected chi connectivity index (χ4v) is 3.76. The molecule has 1 atom stereocenters. The van der Waals surface area contributed by atoms with Gasteiger partial charge in [-0.3, -0.25) is 9.59 Å². The number of piperidine rings is 1. The normalized spacial score (nSPS) is 16.9. The fraction of sp³-hybridized carbons (Fsp3) is 0.286. The van der Waals surface area contributed by atoms with Crippen LogP contribution in [0.25, 0.3) is 0 Å². The van der Waals surface area contributed by atoms with Gasteiger partial charge in [0.05, 0.1) is 12.1 Å². The molecule has 1 aliphatic heterocycles. The van der Waals surface area contributed by atoms with E-state index < -0.39 is 0 Å². The highest BCUT2D eigenvalue weighted by Gasteiger charge is 2.28. The first-order valence-corrected chi connectivity index (χ1v) is 9.64. The summed E-state index contributed by atoms with van der Waals surface area (Å²) in [5.41, 5.74) is 1.09. The van der Waals surface area contributed by atoms with Crippen molar-refractivity contribution < 1.29 is 9.21 Å². The molecule has 4 rings (SSSR count). The van der Waals surface area contributed by atoms with E-state index in [1.54, 1.807) is 23.2 Å². The van der Waals surface area contributed by atoms with E-state index in [-0.39, 0.29) is 17.4 Å². The number of carbonyl (C=O) groups excluding carboxylic acids is 1. The van der Waals surface area contributed by atoms with E-state index in [1.165, 1.54) is 6.07 Å². The summed E-state index contributed by atoms with van der Waals surface area (Å²) < 4.78 is 5.97. The minimum Gasteiger partial charge on any atom is -0.445 e. The predicted molar refractivity (Wildman–Crippen MR) is 106 cm³/mol. The summed E-state index contributed by atoms with van der Waals surface area (Å²) >= 11 is 6.04. The number of amides is 1. The molecule has 1 fully saturated rings. The second-order valence-corrected chi connectivity index (χ2v) is 7.43. The Morgan fingerprint density at radius 1 is 1.29 bits per heavy atom.